The van der Waals surface area contributed by atoms with Crippen molar-refractivity contribution in [3.8, 4) is 0 Å². The zero-order chi connectivity index (χ0) is 9.00. The minimum absolute atomic E-state index is 0.550. The van der Waals surface area contributed by atoms with E-state index in [9.17, 15) is 0 Å². The van der Waals surface area contributed by atoms with Crippen LogP contribution in [0, 0.1) is 5.92 Å². The van der Waals surface area contributed by atoms with Gasteiger partial charge in [-0.1, -0.05) is 6.92 Å². The van der Waals surface area contributed by atoms with E-state index >= 15 is 0 Å². The molecule has 0 spiro atoms. The summed E-state index contributed by atoms with van der Waals surface area (Å²) in [6.45, 7) is 4.61. The molecule has 74 valence electrons. The summed E-state index contributed by atoms with van der Waals surface area (Å²) in [7, 11) is 0. The van der Waals surface area contributed by atoms with Gasteiger partial charge in [0.15, 0.2) is 0 Å². The normalized spacial score (nSPS) is 59.5. The maximum absolute atomic E-state index is 5.63. The Balaban J connectivity index is 1.75. The lowest BCUT2D eigenvalue weighted by Crippen LogP contribution is -2.22. The quantitative estimate of drug-likeness (QED) is 0.625. The van der Waals surface area contributed by atoms with Gasteiger partial charge in [-0.15, -0.1) is 0 Å². The van der Waals surface area contributed by atoms with Crippen LogP contribution in [0.25, 0.3) is 0 Å². The first kappa shape index (κ1) is 8.93. The van der Waals surface area contributed by atoms with E-state index in [2.05, 4.69) is 37.4 Å². The smallest absolute Gasteiger partial charge is 0.0960 e. The summed E-state index contributed by atoms with van der Waals surface area (Å²) >= 11 is 4.38. The molecule has 6 unspecified atom stereocenters. The van der Waals surface area contributed by atoms with Gasteiger partial charge in [0.1, 0.15) is 0 Å². The van der Waals surface area contributed by atoms with Crippen molar-refractivity contribution in [1.29, 1.82) is 0 Å². The second kappa shape index (κ2) is 3.07. The molecule has 3 heterocycles. The minimum Gasteiger partial charge on any atom is -0.369 e. The van der Waals surface area contributed by atoms with E-state index in [-0.39, 0.29) is 0 Å². The van der Waals surface area contributed by atoms with Crippen LogP contribution in [0.4, 0.5) is 0 Å². The van der Waals surface area contributed by atoms with Crippen LogP contribution in [0.1, 0.15) is 20.3 Å². The Kier molecular flexibility index (Phi) is 2.11. The SMILES string of the molecule is CC1OC1C1SC(C)C2SCCC21. The number of rotatable bonds is 1. The highest BCUT2D eigenvalue weighted by Gasteiger charge is 2.54. The van der Waals surface area contributed by atoms with Gasteiger partial charge in [0.2, 0.25) is 0 Å². The Morgan fingerprint density at radius 1 is 1.23 bits per heavy atom. The molecule has 6 atom stereocenters. The largest absolute Gasteiger partial charge is 0.369 e. The van der Waals surface area contributed by atoms with E-state index < -0.39 is 0 Å². The van der Waals surface area contributed by atoms with Crippen LogP contribution in [-0.2, 0) is 4.74 Å². The van der Waals surface area contributed by atoms with Gasteiger partial charge in [0.25, 0.3) is 0 Å². The van der Waals surface area contributed by atoms with Crippen molar-refractivity contribution < 1.29 is 4.74 Å². The first-order chi connectivity index (χ1) is 6.27. The molecule has 3 heteroatoms. The molecule has 0 saturated carbocycles. The lowest BCUT2D eigenvalue weighted by Gasteiger charge is -2.13. The van der Waals surface area contributed by atoms with E-state index in [0.717, 1.165) is 21.7 Å². The minimum atomic E-state index is 0.550. The molecular weight excluding hydrogens is 200 g/mol. The fourth-order valence-corrected chi connectivity index (χ4v) is 6.59. The Morgan fingerprint density at radius 3 is 2.69 bits per heavy atom. The molecule has 3 aliphatic rings. The predicted molar refractivity (Wildman–Crippen MR) is 59.5 cm³/mol. The van der Waals surface area contributed by atoms with Gasteiger partial charge in [0, 0.05) is 15.7 Å². The van der Waals surface area contributed by atoms with Crippen LogP contribution >= 0.6 is 23.5 Å². The first-order valence-corrected chi connectivity index (χ1v) is 7.19. The Morgan fingerprint density at radius 2 is 2.00 bits per heavy atom. The molecule has 0 aromatic carbocycles. The number of fused-ring (bicyclic) bond motifs is 1. The van der Waals surface area contributed by atoms with Crippen molar-refractivity contribution in [1.82, 2.24) is 0 Å². The van der Waals surface area contributed by atoms with Crippen LogP contribution in [0.2, 0.25) is 0 Å². The van der Waals surface area contributed by atoms with Gasteiger partial charge < -0.3 is 4.74 Å². The molecule has 0 N–H and O–H groups in total. The topological polar surface area (TPSA) is 12.5 Å². The van der Waals surface area contributed by atoms with E-state index in [4.69, 9.17) is 4.74 Å². The maximum atomic E-state index is 5.63. The number of hydrogen-bond acceptors (Lipinski definition) is 3. The summed E-state index contributed by atoms with van der Waals surface area (Å²) < 4.78 is 5.63. The predicted octanol–water partition coefficient (Wildman–Crippen LogP) is 2.40. The van der Waals surface area contributed by atoms with Gasteiger partial charge in [-0.25, -0.2) is 0 Å². The third kappa shape index (κ3) is 1.35. The van der Waals surface area contributed by atoms with Crippen LogP contribution in [0.3, 0.4) is 0 Å². The van der Waals surface area contributed by atoms with Crippen molar-refractivity contribution in [3.63, 3.8) is 0 Å². The second-order valence-electron chi connectivity index (χ2n) is 4.40. The second-order valence-corrected chi connectivity index (χ2v) is 7.25. The summed E-state index contributed by atoms with van der Waals surface area (Å²) in [4.78, 5) is 0. The molecule has 0 radical (unpaired) electrons. The standard InChI is InChI=1S/C10H16OS2/c1-5-8(11-5)10-7-3-4-12-9(7)6(2)13-10/h5-10H,3-4H2,1-2H3. The third-order valence-electron chi connectivity index (χ3n) is 3.52. The molecule has 3 rings (SSSR count). The molecular formula is C10H16OS2. The molecule has 0 amide bonds. The molecule has 3 fully saturated rings. The molecule has 0 aromatic rings. The molecule has 3 aliphatic heterocycles. The number of ether oxygens (including phenoxy) is 1. The number of thioether (sulfide) groups is 2. The number of hydrogen-bond donors (Lipinski definition) is 0. The van der Waals surface area contributed by atoms with E-state index in [0.29, 0.717) is 12.2 Å². The Labute approximate surface area is 88.4 Å². The van der Waals surface area contributed by atoms with Gasteiger partial charge in [0.05, 0.1) is 12.2 Å². The lowest BCUT2D eigenvalue weighted by atomic mass is 9.94. The fourth-order valence-electron chi connectivity index (χ4n) is 2.76. The van der Waals surface area contributed by atoms with Gasteiger partial charge in [-0.2, -0.15) is 23.5 Å². The molecule has 3 saturated heterocycles. The van der Waals surface area contributed by atoms with Crippen molar-refractivity contribution in [2.75, 3.05) is 5.75 Å². The van der Waals surface area contributed by atoms with Gasteiger partial charge in [-0.05, 0) is 25.0 Å². The van der Waals surface area contributed by atoms with E-state index in [1.807, 2.05) is 0 Å². The van der Waals surface area contributed by atoms with Crippen LogP contribution < -0.4 is 0 Å². The summed E-state index contributed by atoms with van der Waals surface area (Å²) in [5.74, 6) is 2.35. The van der Waals surface area contributed by atoms with E-state index in [1.165, 1.54) is 12.2 Å². The highest BCUT2D eigenvalue weighted by molar-refractivity contribution is 8.05. The molecule has 0 aromatic heterocycles. The average Bonchev–Trinajstić information content (AvgIpc) is 2.60. The van der Waals surface area contributed by atoms with Crippen molar-refractivity contribution in [2.45, 2.75) is 48.2 Å². The summed E-state index contributed by atoms with van der Waals surface area (Å²) in [6, 6.07) is 0. The average molecular weight is 216 g/mol. The van der Waals surface area contributed by atoms with Crippen LogP contribution in [0.15, 0.2) is 0 Å². The fraction of sp³-hybridized carbons (Fsp3) is 1.00. The summed E-state index contributed by atoms with van der Waals surface area (Å²) in [5, 5.41) is 2.62. The van der Waals surface area contributed by atoms with Gasteiger partial charge in [-0.3, -0.25) is 0 Å². The van der Waals surface area contributed by atoms with E-state index in [1.54, 1.807) is 0 Å². The summed E-state index contributed by atoms with van der Waals surface area (Å²) in [6.07, 6.45) is 2.58. The Hall–Kier alpha value is 0.660. The molecule has 0 bridgehead atoms. The maximum Gasteiger partial charge on any atom is 0.0960 e. The monoisotopic (exact) mass is 216 g/mol. The van der Waals surface area contributed by atoms with Crippen molar-refractivity contribution >= 4 is 23.5 Å². The van der Waals surface area contributed by atoms with Crippen molar-refractivity contribution in [2.24, 2.45) is 5.92 Å². The van der Waals surface area contributed by atoms with Crippen LogP contribution in [0.5, 0.6) is 0 Å². The lowest BCUT2D eigenvalue weighted by molar-refractivity contribution is 0.350. The van der Waals surface area contributed by atoms with Crippen molar-refractivity contribution in [3.05, 3.63) is 0 Å². The first-order valence-electron chi connectivity index (χ1n) is 5.20. The van der Waals surface area contributed by atoms with Gasteiger partial charge >= 0.3 is 0 Å². The highest BCUT2D eigenvalue weighted by Crippen LogP contribution is 2.54. The third-order valence-corrected chi connectivity index (χ3v) is 6.96. The molecule has 13 heavy (non-hydrogen) atoms. The van der Waals surface area contributed by atoms with Crippen LogP contribution in [-0.4, -0.2) is 33.7 Å². The zero-order valence-electron chi connectivity index (χ0n) is 8.10. The zero-order valence-corrected chi connectivity index (χ0v) is 9.74. The number of epoxide rings is 1. The molecule has 1 nitrogen and oxygen atoms in total. The molecule has 0 aliphatic carbocycles. The summed E-state index contributed by atoms with van der Waals surface area (Å²) in [5.41, 5.74) is 0. The Bertz CT molecular complexity index is 221. The highest BCUT2D eigenvalue weighted by atomic mass is 32.2.